The predicted molar refractivity (Wildman–Crippen MR) is 124 cm³/mol. The molecule has 1 aliphatic heterocycles. The number of ether oxygens (including phenoxy) is 1. The number of nitrogens with zero attached hydrogens (tertiary/aromatic N) is 2. The van der Waals surface area contributed by atoms with E-state index in [0.717, 1.165) is 43.1 Å². The molecule has 0 bridgehead atoms. The molecule has 2 heterocycles. The van der Waals surface area contributed by atoms with Crippen molar-refractivity contribution in [2.75, 3.05) is 31.1 Å². The van der Waals surface area contributed by atoms with E-state index in [1.807, 2.05) is 47.2 Å². The Labute approximate surface area is 180 Å². The summed E-state index contributed by atoms with van der Waals surface area (Å²) < 4.78 is 6.38. The molecule has 1 amide bonds. The number of thiophene rings is 1. The molecule has 0 N–H and O–H groups in total. The highest BCUT2D eigenvalue weighted by molar-refractivity contribution is 8.27. The van der Waals surface area contributed by atoms with Gasteiger partial charge in [0.2, 0.25) is 0 Å². The van der Waals surface area contributed by atoms with E-state index in [9.17, 15) is 4.79 Å². The van der Waals surface area contributed by atoms with E-state index in [1.54, 1.807) is 16.2 Å². The first kappa shape index (κ1) is 21.0. The molecule has 4 nitrogen and oxygen atoms in total. The average Bonchev–Trinajstić information content (AvgIpc) is 3.31. The molecule has 2 aromatic rings. The number of hydrogen-bond acceptors (Lipinski definition) is 6. The molecule has 0 aliphatic carbocycles. The molecule has 0 radical (unpaired) electrons. The van der Waals surface area contributed by atoms with E-state index in [4.69, 9.17) is 17.0 Å². The zero-order valence-electron chi connectivity index (χ0n) is 16.1. The van der Waals surface area contributed by atoms with Gasteiger partial charge in [0.15, 0.2) is 4.32 Å². The fourth-order valence-electron chi connectivity index (χ4n) is 2.91. The smallest absolute Gasteiger partial charge is 0.270 e. The Morgan fingerprint density at radius 3 is 2.57 bits per heavy atom. The second-order valence-corrected chi connectivity index (χ2v) is 8.75. The zero-order chi connectivity index (χ0) is 19.9. The molecule has 0 saturated carbocycles. The lowest BCUT2D eigenvalue weighted by Crippen LogP contribution is -2.27. The van der Waals surface area contributed by atoms with Crippen molar-refractivity contribution < 1.29 is 9.53 Å². The molecule has 28 heavy (non-hydrogen) atoms. The van der Waals surface area contributed by atoms with Crippen LogP contribution in [0.2, 0.25) is 0 Å². The number of carbonyl (C=O) groups excluding carboxylic acids is 1. The van der Waals surface area contributed by atoms with E-state index in [0.29, 0.717) is 15.8 Å². The molecule has 3 rings (SSSR count). The summed E-state index contributed by atoms with van der Waals surface area (Å²) in [5.74, 6) is 0.733. The van der Waals surface area contributed by atoms with Crippen LogP contribution in [0.25, 0.3) is 6.08 Å². The van der Waals surface area contributed by atoms with E-state index in [1.165, 1.54) is 11.8 Å². The summed E-state index contributed by atoms with van der Waals surface area (Å²) in [6.45, 7) is 8.20. The van der Waals surface area contributed by atoms with Crippen LogP contribution >= 0.6 is 35.3 Å². The standard InChI is InChI=1S/C21H24N2O2S3/c1-3-22(4-2)11-5-12-25-18-8-6-17(7-9-18)23-20(24)19(28-21(23)26)14-16-10-13-27-15-16/h6-10,13-15H,3-5,11-12H2,1-2H3. The van der Waals surface area contributed by atoms with E-state index in [2.05, 4.69) is 18.7 Å². The van der Waals surface area contributed by atoms with Gasteiger partial charge in [0.05, 0.1) is 17.2 Å². The Balaban J connectivity index is 1.58. The number of rotatable bonds is 9. The van der Waals surface area contributed by atoms with E-state index < -0.39 is 0 Å². The number of benzene rings is 1. The first-order valence-corrected chi connectivity index (χ1v) is 11.5. The maximum Gasteiger partial charge on any atom is 0.270 e. The maximum atomic E-state index is 12.8. The molecule has 148 valence electrons. The number of anilines is 1. The lowest BCUT2D eigenvalue weighted by Gasteiger charge is -2.18. The van der Waals surface area contributed by atoms with Gasteiger partial charge in [-0.05, 0) is 72.2 Å². The normalized spacial score (nSPS) is 15.8. The van der Waals surface area contributed by atoms with Crippen LogP contribution in [0.15, 0.2) is 46.0 Å². The summed E-state index contributed by atoms with van der Waals surface area (Å²) in [6.07, 6.45) is 2.88. The minimum atomic E-state index is -0.0749. The number of hydrogen-bond donors (Lipinski definition) is 0. The first-order chi connectivity index (χ1) is 13.6. The molecule has 0 spiro atoms. The van der Waals surface area contributed by atoms with Crippen LogP contribution in [-0.4, -0.2) is 41.4 Å². The second kappa shape index (κ2) is 10.2. The number of carbonyl (C=O) groups is 1. The highest BCUT2D eigenvalue weighted by atomic mass is 32.2. The lowest BCUT2D eigenvalue weighted by atomic mass is 10.2. The van der Waals surface area contributed by atoms with Gasteiger partial charge in [-0.1, -0.05) is 37.8 Å². The minimum Gasteiger partial charge on any atom is -0.494 e. The molecule has 1 aromatic carbocycles. The van der Waals surface area contributed by atoms with Crippen molar-refractivity contribution in [3.8, 4) is 5.75 Å². The summed E-state index contributed by atoms with van der Waals surface area (Å²) in [5.41, 5.74) is 1.80. The van der Waals surface area contributed by atoms with Crippen LogP contribution < -0.4 is 9.64 Å². The summed E-state index contributed by atoms with van der Waals surface area (Å²) in [4.78, 5) is 17.4. The van der Waals surface area contributed by atoms with Gasteiger partial charge in [-0.15, -0.1) is 0 Å². The first-order valence-electron chi connectivity index (χ1n) is 9.37. The van der Waals surface area contributed by atoms with Gasteiger partial charge in [-0.25, -0.2) is 0 Å². The van der Waals surface area contributed by atoms with Crippen molar-refractivity contribution in [1.29, 1.82) is 0 Å². The van der Waals surface area contributed by atoms with Gasteiger partial charge in [0, 0.05) is 6.54 Å². The Bertz CT molecular complexity index is 828. The van der Waals surface area contributed by atoms with Crippen molar-refractivity contribution in [3.05, 3.63) is 51.6 Å². The Morgan fingerprint density at radius 2 is 1.93 bits per heavy atom. The Morgan fingerprint density at radius 1 is 1.18 bits per heavy atom. The van der Waals surface area contributed by atoms with Crippen molar-refractivity contribution in [1.82, 2.24) is 4.90 Å². The van der Waals surface area contributed by atoms with Gasteiger partial charge in [-0.2, -0.15) is 11.3 Å². The quantitative estimate of drug-likeness (QED) is 0.306. The number of thioether (sulfide) groups is 1. The van der Waals surface area contributed by atoms with Crippen molar-refractivity contribution in [3.63, 3.8) is 0 Å². The highest BCUT2D eigenvalue weighted by Gasteiger charge is 2.33. The Kier molecular flexibility index (Phi) is 7.67. The zero-order valence-corrected chi connectivity index (χ0v) is 18.5. The highest BCUT2D eigenvalue weighted by Crippen LogP contribution is 2.36. The maximum absolute atomic E-state index is 12.8. The van der Waals surface area contributed by atoms with Crippen molar-refractivity contribution in [2.24, 2.45) is 0 Å². The molecule has 1 saturated heterocycles. The summed E-state index contributed by atoms with van der Waals surface area (Å²) >= 11 is 8.38. The van der Waals surface area contributed by atoms with Crippen LogP contribution in [-0.2, 0) is 4.79 Å². The number of amides is 1. The second-order valence-electron chi connectivity index (χ2n) is 6.30. The molecular weight excluding hydrogens is 408 g/mol. The van der Waals surface area contributed by atoms with Gasteiger partial charge >= 0.3 is 0 Å². The molecule has 7 heteroatoms. The largest absolute Gasteiger partial charge is 0.494 e. The topological polar surface area (TPSA) is 32.8 Å². The average molecular weight is 433 g/mol. The van der Waals surface area contributed by atoms with Crippen molar-refractivity contribution in [2.45, 2.75) is 20.3 Å². The summed E-state index contributed by atoms with van der Waals surface area (Å²) in [5, 5.41) is 4.01. The van der Waals surface area contributed by atoms with Crippen molar-refractivity contribution >= 4 is 57.3 Å². The molecule has 1 aromatic heterocycles. The minimum absolute atomic E-state index is 0.0749. The van der Waals surface area contributed by atoms with Gasteiger partial charge in [0.25, 0.3) is 5.91 Å². The predicted octanol–water partition coefficient (Wildman–Crippen LogP) is 5.26. The third kappa shape index (κ3) is 5.23. The Hall–Kier alpha value is -1.67. The summed E-state index contributed by atoms with van der Waals surface area (Å²) in [7, 11) is 0. The van der Waals surface area contributed by atoms with E-state index >= 15 is 0 Å². The third-order valence-corrected chi connectivity index (χ3v) is 6.52. The van der Waals surface area contributed by atoms with Crippen LogP contribution in [0, 0.1) is 0 Å². The van der Waals surface area contributed by atoms with Gasteiger partial charge in [-0.3, -0.25) is 9.69 Å². The molecule has 1 aliphatic rings. The van der Waals surface area contributed by atoms with Crippen LogP contribution in [0.3, 0.4) is 0 Å². The molecule has 0 atom stereocenters. The lowest BCUT2D eigenvalue weighted by molar-refractivity contribution is -0.113. The van der Waals surface area contributed by atoms with Gasteiger partial charge < -0.3 is 9.64 Å². The van der Waals surface area contributed by atoms with Gasteiger partial charge in [0.1, 0.15) is 5.75 Å². The molecule has 1 fully saturated rings. The number of thiocarbonyl (C=S) groups is 1. The summed E-state index contributed by atoms with van der Waals surface area (Å²) in [6, 6.07) is 9.56. The van der Waals surface area contributed by atoms with Crippen LogP contribution in [0.4, 0.5) is 5.69 Å². The van der Waals surface area contributed by atoms with Crippen LogP contribution in [0.5, 0.6) is 5.75 Å². The molecule has 0 unspecified atom stereocenters. The monoisotopic (exact) mass is 432 g/mol. The fraction of sp³-hybridized carbons (Fsp3) is 0.333. The van der Waals surface area contributed by atoms with Crippen LogP contribution in [0.1, 0.15) is 25.8 Å². The molecular formula is C21H24N2O2S3. The SMILES string of the molecule is CCN(CC)CCCOc1ccc(N2C(=O)C(=Cc3ccsc3)SC2=S)cc1. The third-order valence-electron chi connectivity index (χ3n) is 4.51. The van der Waals surface area contributed by atoms with E-state index in [-0.39, 0.29) is 5.91 Å². The fourth-order valence-corrected chi connectivity index (χ4v) is 4.83.